The fraction of sp³-hybridized carbons (Fsp3) is 0.533. The molecule has 0 amide bonds. The van der Waals surface area contributed by atoms with Gasteiger partial charge in [-0.25, -0.2) is 0 Å². The van der Waals surface area contributed by atoms with Crippen LogP contribution in [0.5, 0.6) is 0 Å². The van der Waals surface area contributed by atoms with Gasteiger partial charge >= 0.3 is 0 Å². The topological polar surface area (TPSA) is 72.3 Å². The predicted octanol–water partition coefficient (Wildman–Crippen LogP) is 1.87. The number of hydrogen-bond donors (Lipinski definition) is 2. The summed E-state index contributed by atoms with van der Waals surface area (Å²) in [5, 5.41) is 10.5. The Kier molecular flexibility index (Phi) is 4.10. The van der Waals surface area contributed by atoms with Crippen LogP contribution in [-0.2, 0) is 16.0 Å². The summed E-state index contributed by atoms with van der Waals surface area (Å²) in [6, 6.07) is 3.90. The Morgan fingerprint density at radius 1 is 1.48 bits per heavy atom. The molecule has 1 saturated heterocycles. The van der Waals surface area contributed by atoms with Crippen LogP contribution in [0, 0.1) is 6.92 Å². The third kappa shape index (κ3) is 3.02. The van der Waals surface area contributed by atoms with E-state index in [0.717, 1.165) is 42.4 Å². The van der Waals surface area contributed by atoms with Crippen LogP contribution in [0.25, 0.3) is 11.5 Å². The van der Waals surface area contributed by atoms with Gasteiger partial charge in [-0.3, -0.25) is 5.10 Å². The van der Waals surface area contributed by atoms with Crippen molar-refractivity contribution >= 4 is 0 Å². The van der Waals surface area contributed by atoms with Gasteiger partial charge in [0.1, 0.15) is 17.1 Å². The van der Waals surface area contributed by atoms with E-state index < -0.39 is 0 Å². The Morgan fingerprint density at radius 2 is 2.38 bits per heavy atom. The first-order valence-electron chi connectivity index (χ1n) is 7.15. The normalized spacial score (nSPS) is 22.0. The van der Waals surface area contributed by atoms with Crippen LogP contribution in [0.15, 0.2) is 22.7 Å². The summed E-state index contributed by atoms with van der Waals surface area (Å²) in [6.07, 6.45) is 2.75. The minimum absolute atomic E-state index is 0.203. The summed E-state index contributed by atoms with van der Waals surface area (Å²) in [5.41, 5.74) is 1.80. The number of rotatable bonds is 6. The van der Waals surface area contributed by atoms with Gasteiger partial charge in [0, 0.05) is 38.8 Å². The number of nitrogens with one attached hydrogen (secondary N) is 2. The molecule has 0 aliphatic carbocycles. The van der Waals surface area contributed by atoms with Crippen LogP contribution in [0.2, 0.25) is 0 Å². The van der Waals surface area contributed by atoms with Crippen molar-refractivity contribution in [1.29, 1.82) is 0 Å². The number of hydrogen-bond acceptors (Lipinski definition) is 5. The second-order valence-corrected chi connectivity index (χ2v) is 5.47. The molecule has 1 aliphatic rings. The molecular formula is C15H21N3O3. The van der Waals surface area contributed by atoms with Crippen molar-refractivity contribution in [1.82, 2.24) is 15.5 Å². The van der Waals surface area contributed by atoms with Crippen LogP contribution >= 0.6 is 0 Å². The van der Waals surface area contributed by atoms with Gasteiger partial charge in [-0.2, -0.15) is 5.10 Å². The van der Waals surface area contributed by atoms with Crippen molar-refractivity contribution in [2.45, 2.75) is 25.5 Å². The Hall–Kier alpha value is -1.63. The minimum atomic E-state index is -0.203. The number of aryl methyl sites for hydroxylation is 1. The van der Waals surface area contributed by atoms with Gasteiger partial charge in [0.15, 0.2) is 5.76 Å². The first-order chi connectivity index (χ1) is 10.2. The first-order valence-corrected chi connectivity index (χ1v) is 7.15. The monoisotopic (exact) mass is 291 g/mol. The molecule has 0 aromatic carbocycles. The molecule has 6 nitrogen and oxygen atoms in total. The average molecular weight is 291 g/mol. The second-order valence-electron chi connectivity index (χ2n) is 5.47. The smallest absolute Gasteiger partial charge is 0.152 e. The third-order valence-electron chi connectivity index (χ3n) is 3.97. The number of ether oxygens (including phenoxy) is 2. The largest absolute Gasteiger partial charge is 0.460 e. The Balaban J connectivity index is 1.62. The Bertz CT molecular complexity index is 585. The molecule has 0 bridgehead atoms. The fourth-order valence-electron chi connectivity index (χ4n) is 2.61. The molecule has 1 fully saturated rings. The maximum Gasteiger partial charge on any atom is 0.152 e. The zero-order valence-corrected chi connectivity index (χ0v) is 12.4. The molecule has 0 radical (unpaired) electrons. The number of aromatic nitrogens is 2. The molecule has 3 heterocycles. The van der Waals surface area contributed by atoms with Crippen molar-refractivity contribution in [3.63, 3.8) is 0 Å². The lowest BCUT2D eigenvalue weighted by Crippen LogP contribution is -2.42. The van der Waals surface area contributed by atoms with Crippen LogP contribution in [0.1, 0.15) is 17.7 Å². The number of methoxy groups -OCH3 is 1. The number of H-pyrrole nitrogens is 1. The zero-order valence-electron chi connectivity index (χ0n) is 12.4. The van der Waals surface area contributed by atoms with E-state index in [9.17, 15) is 0 Å². The first kappa shape index (κ1) is 14.3. The minimum Gasteiger partial charge on any atom is -0.460 e. The van der Waals surface area contributed by atoms with Crippen molar-refractivity contribution in [2.75, 3.05) is 26.9 Å². The van der Waals surface area contributed by atoms with Crippen LogP contribution in [-0.4, -0.2) is 42.7 Å². The van der Waals surface area contributed by atoms with Gasteiger partial charge in [0.2, 0.25) is 0 Å². The molecular weight excluding hydrogens is 270 g/mol. The molecule has 2 N–H and O–H groups in total. The van der Waals surface area contributed by atoms with E-state index in [0.29, 0.717) is 13.2 Å². The summed E-state index contributed by atoms with van der Waals surface area (Å²) >= 11 is 0. The highest BCUT2D eigenvalue weighted by atomic mass is 16.5. The van der Waals surface area contributed by atoms with Gasteiger partial charge in [-0.05, 0) is 19.1 Å². The third-order valence-corrected chi connectivity index (χ3v) is 3.97. The number of furan rings is 1. The van der Waals surface area contributed by atoms with Crippen LogP contribution < -0.4 is 5.32 Å². The van der Waals surface area contributed by atoms with Crippen LogP contribution in [0.4, 0.5) is 0 Å². The van der Waals surface area contributed by atoms with Crippen LogP contribution in [0.3, 0.4) is 0 Å². The molecule has 2 aromatic heterocycles. The molecule has 6 heteroatoms. The molecule has 1 unspecified atom stereocenters. The Labute approximate surface area is 123 Å². The maximum atomic E-state index is 5.65. The van der Waals surface area contributed by atoms with Gasteiger partial charge in [-0.15, -0.1) is 0 Å². The van der Waals surface area contributed by atoms with E-state index in [1.54, 1.807) is 7.11 Å². The fourth-order valence-corrected chi connectivity index (χ4v) is 2.61. The highest BCUT2D eigenvalue weighted by Gasteiger charge is 2.34. The molecule has 3 rings (SSSR count). The van der Waals surface area contributed by atoms with E-state index in [-0.39, 0.29) is 5.60 Å². The van der Waals surface area contributed by atoms with E-state index in [1.807, 2.05) is 25.3 Å². The summed E-state index contributed by atoms with van der Waals surface area (Å²) in [5.74, 6) is 1.70. The second kappa shape index (κ2) is 6.01. The molecule has 1 aliphatic heterocycles. The van der Waals surface area contributed by atoms with Gasteiger partial charge in [0.25, 0.3) is 0 Å². The lowest BCUT2D eigenvalue weighted by molar-refractivity contribution is -0.0159. The van der Waals surface area contributed by atoms with Crippen molar-refractivity contribution in [3.05, 3.63) is 29.7 Å². The maximum absolute atomic E-state index is 5.65. The molecule has 21 heavy (non-hydrogen) atoms. The van der Waals surface area contributed by atoms with Crippen molar-refractivity contribution in [2.24, 2.45) is 0 Å². The van der Waals surface area contributed by atoms with Gasteiger partial charge in [-0.1, -0.05) is 0 Å². The van der Waals surface area contributed by atoms with Gasteiger partial charge < -0.3 is 19.2 Å². The summed E-state index contributed by atoms with van der Waals surface area (Å²) in [4.78, 5) is 0. The Morgan fingerprint density at radius 3 is 3.05 bits per heavy atom. The van der Waals surface area contributed by atoms with Gasteiger partial charge in [0.05, 0.1) is 12.8 Å². The molecule has 0 saturated carbocycles. The van der Waals surface area contributed by atoms with E-state index >= 15 is 0 Å². The quantitative estimate of drug-likeness (QED) is 0.850. The molecule has 114 valence electrons. The lowest BCUT2D eigenvalue weighted by atomic mass is 10.0. The van der Waals surface area contributed by atoms with E-state index in [4.69, 9.17) is 13.9 Å². The predicted molar refractivity (Wildman–Crippen MR) is 77.9 cm³/mol. The van der Waals surface area contributed by atoms with E-state index in [2.05, 4.69) is 15.5 Å². The number of aromatic amines is 1. The molecule has 2 aromatic rings. The van der Waals surface area contributed by atoms with Crippen molar-refractivity contribution in [3.8, 4) is 11.5 Å². The SMILES string of the molecule is COC1(CNCc2cn[nH]c2-c2ccc(C)o2)CCOC1. The average Bonchev–Trinajstić information content (AvgIpc) is 3.19. The standard InChI is InChI=1S/C15H21N3O3/c1-11-3-4-13(21-11)14-12(8-17-18-14)7-16-9-15(19-2)5-6-20-10-15/h3-4,8,16H,5-7,9-10H2,1-2H3,(H,17,18). The summed E-state index contributed by atoms with van der Waals surface area (Å²) < 4.78 is 16.7. The van der Waals surface area contributed by atoms with E-state index in [1.165, 1.54) is 0 Å². The highest BCUT2D eigenvalue weighted by molar-refractivity contribution is 5.56. The number of nitrogens with zero attached hydrogens (tertiary/aromatic N) is 1. The highest BCUT2D eigenvalue weighted by Crippen LogP contribution is 2.24. The molecule has 1 atom stereocenters. The lowest BCUT2D eigenvalue weighted by Gasteiger charge is -2.25. The summed E-state index contributed by atoms with van der Waals surface area (Å²) in [7, 11) is 1.74. The summed E-state index contributed by atoms with van der Waals surface area (Å²) in [6.45, 7) is 4.80. The zero-order chi connectivity index (χ0) is 14.7. The molecule has 0 spiro atoms. The van der Waals surface area contributed by atoms with Crippen molar-refractivity contribution < 1.29 is 13.9 Å².